The number of hydrogen-bond donors (Lipinski definition) is 1. The van der Waals surface area contributed by atoms with Gasteiger partial charge in [-0.15, -0.1) is 0 Å². The van der Waals surface area contributed by atoms with E-state index in [4.69, 9.17) is 5.73 Å². The Labute approximate surface area is 103 Å². The van der Waals surface area contributed by atoms with E-state index in [-0.39, 0.29) is 11.9 Å². The molecule has 0 aliphatic carbocycles. The number of fused-ring (bicyclic) bond motifs is 1. The molecule has 1 unspecified atom stereocenters. The molecule has 0 saturated carbocycles. The van der Waals surface area contributed by atoms with Gasteiger partial charge in [0.25, 0.3) is 0 Å². The maximum absolute atomic E-state index is 12.2. The van der Waals surface area contributed by atoms with E-state index in [0.717, 1.165) is 25.1 Å². The Kier molecular flexibility index (Phi) is 3.48. The second-order valence-electron chi connectivity index (χ2n) is 4.69. The molecule has 0 radical (unpaired) electrons. The third-order valence-corrected chi connectivity index (χ3v) is 3.44. The Balaban J connectivity index is 2.37. The normalized spacial score (nSPS) is 16.5. The van der Waals surface area contributed by atoms with E-state index in [0.29, 0.717) is 6.42 Å². The van der Waals surface area contributed by atoms with Gasteiger partial charge < -0.3 is 10.6 Å². The molecular formula is C14H20N2O. The van der Waals surface area contributed by atoms with Crippen molar-refractivity contribution in [3.63, 3.8) is 0 Å². The molecule has 1 aromatic rings. The molecule has 1 atom stereocenters. The Morgan fingerprint density at radius 3 is 3.00 bits per heavy atom. The lowest BCUT2D eigenvalue weighted by Crippen LogP contribution is -2.46. The third kappa shape index (κ3) is 2.20. The molecule has 1 heterocycles. The van der Waals surface area contributed by atoms with Crippen LogP contribution < -0.4 is 10.6 Å². The summed E-state index contributed by atoms with van der Waals surface area (Å²) in [7, 11) is 0. The van der Waals surface area contributed by atoms with Crippen LogP contribution in [0.5, 0.6) is 0 Å². The van der Waals surface area contributed by atoms with Crippen LogP contribution in [0.2, 0.25) is 0 Å². The predicted molar refractivity (Wildman–Crippen MR) is 70.1 cm³/mol. The number of carbonyl (C=O) groups is 1. The molecule has 1 amide bonds. The molecule has 17 heavy (non-hydrogen) atoms. The molecule has 1 aliphatic rings. The second-order valence-corrected chi connectivity index (χ2v) is 4.69. The van der Waals surface area contributed by atoms with Gasteiger partial charge in [0, 0.05) is 12.2 Å². The van der Waals surface area contributed by atoms with Gasteiger partial charge in [0.15, 0.2) is 0 Å². The molecular weight excluding hydrogens is 212 g/mol. The zero-order valence-electron chi connectivity index (χ0n) is 10.6. The van der Waals surface area contributed by atoms with Gasteiger partial charge in [-0.3, -0.25) is 4.79 Å². The number of para-hydroxylation sites is 1. The first kappa shape index (κ1) is 12.1. The number of aryl methyl sites for hydroxylation is 2. The maximum Gasteiger partial charge on any atom is 0.243 e. The smallest absolute Gasteiger partial charge is 0.243 e. The van der Waals surface area contributed by atoms with Crippen molar-refractivity contribution in [1.82, 2.24) is 0 Å². The van der Waals surface area contributed by atoms with Crippen LogP contribution in [-0.4, -0.2) is 18.5 Å². The lowest BCUT2D eigenvalue weighted by Gasteiger charge is -2.32. The van der Waals surface area contributed by atoms with Gasteiger partial charge in [-0.05, 0) is 37.3 Å². The fourth-order valence-corrected chi connectivity index (χ4v) is 2.44. The largest absolute Gasteiger partial charge is 0.320 e. The fourth-order valence-electron chi connectivity index (χ4n) is 2.44. The number of anilines is 1. The van der Waals surface area contributed by atoms with Gasteiger partial charge >= 0.3 is 0 Å². The fraction of sp³-hybridized carbons (Fsp3) is 0.500. The molecule has 1 aromatic carbocycles. The molecule has 0 bridgehead atoms. The molecule has 92 valence electrons. The molecule has 0 aromatic heterocycles. The summed E-state index contributed by atoms with van der Waals surface area (Å²) >= 11 is 0. The third-order valence-electron chi connectivity index (χ3n) is 3.44. The van der Waals surface area contributed by atoms with E-state index in [1.165, 1.54) is 11.1 Å². The average Bonchev–Trinajstić information content (AvgIpc) is 2.36. The summed E-state index contributed by atoms with van der Waals surface area (Å²) in [4.78, 5) is 14.1. The molecule has 0 saturated heterocycles. The predicted octanol–water partition coefficient (Wildman–Crippen LogP) is 2.01. The number of carbonyl (C=O) groups excluding carboxylic acids is 1. The van der Waals surface area contributed by atoms with Crippen molar-refractivity contribution in [1.29, 1.82) is 0 Å². The highest BCUT2D eigenvalue weighted by atomic mass is 16.2. The van der Waals surface area contributed by atoms with Gasteiger partial charge in [0.05, 0.1) is 6.04 Å². The summed E-state index contributed by atoms with van der Waals surface area (Å²) in [5, 5.41) is 0. The number of benzene rings is 1. The minimum atomic E-state index is -0.374. The highest BCUT2D eigenvalue weighted by Crippen LogP contribution is 2.30. The van der Waals surface area contributed by atoms with E-state index < -0.39 is 0 Å². The van der Waals surface area contributed by atoms with Crippen molar-refractivity contribution in [3.8, 4) is 0 Å². The monoisotopic (exact) mass is 232 g/mol. The summed E-state index contributed by atoms with van der Waals surface area (Å²) in [6, 6.07) is 5.85. The average molecular weight is 232 g/mol. The summed E-state index contributed by atoms with van der Waals surface area (Å²) < 4.78 is 0. The van der Waals surface area contributed by atoms with Crippen molar-refractivity contribution in [2.45, 2.75) is 39.2 Å². The molecule has 2 rings (SSSR count). The van der Waals surface area contributed by atoms with Crippen LogP contribution in [0.3, 0.4) is 0 Å². The summed E-state index contributed by atoms with van der Waals surface area (Å²) in [6.45, 7) is 4.80. The highest BCUT2D eigenvalue weighted by molar-refractivity contribution is 5.98. The summed E-state index contributed by atoms with van der Waals surface area (Å²) in [6.07, 6.45) is 2.78. The van der Waals surface area contributed by atoms with Gasteiger partial charge in [-0.2, -0.15) is 0 Å². The molecule has 3 nitrogen and oxygen atoms in total. The van der Waals surface area contributed by atoms with Crippen LogP contribution in [0.4, 0.5) is 5.69 Å². The highest BCUT2D eigenvalue weighted by Gasteiger charge is 2.26. The number of nitrogens with two attached hydrogens (primary N) is 1. The zero-order valence-corrected chi connectivity index (χ0v) is 10.6. The van der Waals surface area contributed by atoms with E-state index in [1.807, 2.05) is 11.8 Å². The lowest BCUT2D eigenvalue weighted by atomic mass is 9.97. The number of nitrogens with zero attached hydrogens (tertiary/aromatic N) is 1. The molecule has 2 N–H and O–H groups in total. The first-order valence-electron chi connectivity index (χ1n) is 6.30. The van der Waals surface area contributed by atoms with Gasteiger partial charge in [-0.1, -0.05) is 25.1 Å². The van der Waals surface area contributed by atoms with Crippen molar-refractivity contribution >= 4 is 11.6 Å². The van der Waals surface area contributed by atoms with Crippen LogP contribution in [0.1, 0.15) is 30.9 Å². The Hall–Kier alpha value is -1.35. The number of hydrogen-bond acceptors (Lipinski definition) is 2. The molecule has 1 aliphatic heterocycles. The number of amides is 1. The van der Waals surface area contributed by atoms with Crippen LogP contribution in [-0.2, 0) is 11.2 Å². The van der Waals surface area contributed by atoms with Crippen LogP contribution >= 0.6 is 0 Å². The molecule has 0 spiro atoms. The Morgan fingerprint density at radius 2 is 2.29 bits per heavy atom. The minimum absolute atomic E-state index is 0.0581. The van der Waals surface area contributed by atoms with Crippen molar-refractivity contribution in [2.75, 3.05) is 11.4 Å². The minimum Gasteiger partial charge on any atom is -0.320 e. The number of rotatable bonds is 2. The maximum atomic E-state index is 12.2. The topological polar surface area (TPSA) is 46.3 Å². The van der Waals surface area contributed by atoms with Gasteiger partial charge in [0.1, 0.15) is 0 Å². The van der Waals surface area contributed by atoms with Gasteiger partial charge in [-0.25, -0.2) is 0 Å². The molecule has 3 heteroatoms. The van der Waals surface area contributed by atoms with E-state index in [1.54, 1.807) is 0 Å². The first-order valence-corrected chi connectivity index (χ1v) is 6.30. The van der Waals surface area contributed by atoms with E-state index in [2.05, 4.69) is 25.1 Å². The molecule has 0 fully saturated rings. The van der Waals surface area contributed by atoms with Crippen LogP contribution in [0.25, 0.3) is 0 Å². The van der Waals surface area contributed by atoms with Crippen LogP contribution in [0.15, 0.2) is 18.2 Å². The van der Waals surface area contributed by atoms with E-state index >= 15 is 0 Å². The van der Waals surface area contributed by atoms with Crippen molar-refractivity contribution in [3.05, 3.63) is 29.3 Å². The zero-order chi connectivity index (χ0) is 12.4. The second kappa shape index (κ2) is 4.88. The Morgan fingerprint density at radius 1 is 1.53 bits per heavy atom. The van der Waals surface area contributed by atoms with Crippen LogP contribution in [0, 0.1) is 6.92 Å². The van der Waals surface area contributed by atoms with E-state index in [9.17, 15) is 4.79 Å². The van der Waals surface area contributed by atoms with Crippen molar-refractivity contribution < 1.29 is 4.79 Å². The van der Waals surface area contributed by atoms with Gasteiger partial charge in [0.2, 0.25) is 5.91 Å². The summed E-state index contributed by atoms with van der Waals surface area (Å²) in [5.41, 5.74) is 9.39. The first-order chi connectivity index (χ1) is 8.15. The SMILES string of the molecule is CCC(N)C(=O)N1CCCc2cccc(C)c21. The lowest BCUT2D eigenvalue weighted by molar-refractivity contribution is -0.120. The summed E-state index contributed by atoms with van der Waals surface area (Å²) in [5.74, 6) is 0.0581. The van der Waals surface area contributed by atoms with Crippen molar-refractivity contribution in [2.24, 2.45) is 5.73 Å². The quantitative estimate of drug-likeness (QED) is 0.848. The Bertz CT molecular complexity index is 428. The standard InChI is InChI=1S/C14H20N2O/c1-3-12(15)14(17)16-9-5-8-11-7-4-6-10(2)13(11)16/h4,6-7,12H,3,5,8-9,15H2,1-2H3.